The van der Waals surface area contributed by atoms with Gasteiger partial charge in [-0.05, 0) is 52.2 Å². The van der Waals surface area contributed by atoms with Crippen molar-refractivity contribution in [2.45, 2.75) is 13.5 Å². The first-order chi connectivity index (χ1) is 10.0. The molecule has 2 aromatic rings. The maximum Gasteiger partial charge on any atom is 0.283 e. The zero-order valence-electron chi connectivity index (χ0n) is 11.7. The van der Waals surface area contributed by atoms with Crippen molar-refractivity contribution in [3.8, 4) is 5.75 Å². The molecule has 2 aromatic carbocycles. The summed E-state index contributed by atoms with van der Waals surface area (Å²) in [5.41, 5.74) is 2.92. The third kappa shape index (κ3) is 3.52. The van der Waals surface area contributed by atoms with E-state index in [1.165, 1.54) is 6.07 Å². The third-order valence-corrected chi connectivity index (χ3v) is 4.07. The van der Waals surface area contributed by atoms with Crippen LogP contribution < -0.4 is 10.1 Å². The molecule has 0 aliphatic carbocycles. The van der Waals surface area contributed by atoms with Crippen LogP contribution in [0.15, 0.2) is 40.9 Å². The van der Waals surface area contributed by atoms with E-state index in [1.807, 2.05) is 31.2 Å². The fraction of sp³-hybridized carbons (Fsp3) is 0.200. The summed E-state index contributed by atoms with van der Waals surface area (Å²) in [6, 6.07) is 10.7. The number of nitro benzene ring substituents is 1. The first kappa shape index (κ1) is 15.3. The quantitative estimate of drug-likeness (QED) is 0.645. The number of hydrogen-bond donors (Lipinski definition) is 1. The van der Waals surface area contributed by atoms with E-state index >= 15 is 0 Å². The van der Waals surface area contributed by atoms with Gasteiger partial charge in [-0.15, -0.1) is 0 Å². The molecule has 0 radical (unpaired) electrons. The van der Waals surface area contributed by atoms with Gasteiger partial charge in [-0.25, -0.2) is 0 Å². The Morgan fingerprint density at radius 2 is 2.10 bits per heavy atom. The van der Waals surface area contributed by atoms with Crippen LogP contribution in [0.2, 0.25) is 0 Å². The predicted molar refractivity (Wildman–Crippen MR) is 85.9 cm³/mol. The molecule has 0 fully saturated rings. The smallest absolute Gasteiger partial charge is 0.283 e. The highest BCUT2D eigenvalue weighted by atomic mass is 79.9. The molecule has 0 saturated carbocycles. The summed E-state index contributed by atoms with van der Waals surface area (Å²) in [7, 11) is 1.63. The number of nitro groups is 1. The number of aryl methyl sites for hydroxylation is 1. The SMILES string of the molecule is COc1ccc(NCc2cccc([N+](=O)[O-])c2Br)c(C)c1. The highest BCUT2D eigenvalue weighted by Crippen LogP contribution is 2.29. The number of benzene rings is 2. The molecule has 0 atom stereocenters. The van der Waals surface area contributed by atoms with Crippen molar-refractivity contribution >= 4 is 27.3 Å². The summed E-state index contributed by atoms with van der Waals surface area (Å²) in [6.45, 7) is 2.47. The first-order valence-corrected chi connectivity index (χ1v) is 7.12. The molecule has 5 nitrogen and oxygen atoms in total. The van der Waals surface area contributed by atoms with Gasteiger partial charge in [0.25, 0.3) is 5.69 Å². The maximum atomic E-state index is 10.9. The largest absolute Gasteiger partial charge is 0.497 e. The van der Waals surface area contributed by atoms with Crippen molar-refractivity contribution in [2.75, 3.05) is 12.4 Å². The van der Waals surface area contributed by atoms with E-state index in [9.17, 15) is 10.1 Å². The topological polar surface area (TPSA) is 64.4 Å². The van der Waals surface area contributed by atoms with Crippen LogP contribution in [0.25, 0.3) is 0 Å². The molecule has 0 aliphatic rings. The fourth-order valence-electron chi connectivity index (χ4n) is 2.00. The minimum Gasteiger partial charge on any atom is -0.497 e. The summed E-state index contributed by atoms with van der Waals surface area (Å²) >= 11 is 3.30. The minimum atomic E-state index is -0.397. The first-order valence-electron chi connectivity index (χ1n) is 6.33. The van der Waals surface area contributed by atoms with Crippen molar-refractivity contribution in [1.29, 1.82) is 0 Å². The second-order valence-corrected chi connectivity index (χ2v) is 5.33. The molecule has 0 saturated heterocycles. The van der Waals surface area contributed by atoms with E-state index in [1.54, 1.807) is 13.2 Å². The van der Waals surface area contributed by atoms with Gasteiger partial charge < -0.3 is 10.1 Å². The molecule has 2 rings (SSSR count). The zero-order valence-corrected chi connectivity index (χ0v) is 13.3. The average molecular weight is 351 g/mol. The molecule has 0 heterocycles. The number of halogens is 1. The molecule has 0 unspecified atom stereocenters. The van der Waals surface area contributed by atoms with Crippen molar-refractivity contribution in [3.63, 3.8) is 0 Å². The number of nitrogens with one attached hydrogen (secondary N) is 1. The Bertz CT molecular complexity index is 674. The van der Waals surface area contributed by atoms with Gasteiger partial charge in [-0.3, -0.25) is 10.1 Å². The Hall–Kier alpha value is -2.08. The monoisotopic (exact) mass is 350 g/mol. The van der Waals surface area contributed by atoms with Crippen molar-refractivity contribution in [1.82, 2.24) is 0 Å². The van der Waals surface area contributed by atoms with Gasteiger partial charge in [0.15, 0.2) is 0 Å². The Labute approximate surface area is 131 Å². The molecule has 0 bridgehead atoms. The predicted octanol–water partition coefficient (Wildman–Crippen LogP) is 4.29. The summed E-state index contributed by atoms with van der Waals surface area (Å²) in [5, 5.41) is 14.2. The van der Waals surface area contributed by atoms with Crippen LogP contribution in [0.3, 0.4) is 0 Å². The highest BCUT2D eigenvalue weighted by molar-refractivity contribution is 9.10. The van der Waals surface area contributed by atoms with Crippen LogP contribution in [-0.2, 0) is 6.54 Å². The van der Waals surface area contributed by atoms with Crippen molar-refractivity contribution < 1.29 is 9.66 Å². The van der Waals surface area contributed by atoms with Crippen LogP contribution in [-0.4, -0.2) is 12.0 Å². The van der Waals surface area contributed by atoms with Gasteiger partial charge in [-0.1, -0.05) is 12.1 Å². The van der Waals surface area contributed by atoms with E-state index in [0.29, 0.717) is 11.0 Å². The number of methoxy groups -OCH3 is 1. The number of nitrogens with zero attached hydrogens (tertiary/aromatic N) is 1. The number of anilines is 1. The van der Waals surface area contributed by atoms with Crippen LogP contribution in [0.1, 0.15) is 11.1 Å². The minimum absolute atomic E-state index is 0.0701. The lowest BCUT2D eigenvalue weighted by molar-refractivity contribution is -0.385. The number of hydrogen-bond acceptors (Lipinski definition) is 4. The maximum absolute atomic E-state index is 10.9. The van der Waals surface area contributed by atoms with Gasteiger partial charge in [0.1, 0.15) is 10.2 Å². The normalized spacial score (nSPS) is 10.2. The van der Waals surface area contributed by atoms with E-state index in [4.69, 9.17) is 4.74 Å². The molecule has 21 heavy (non-hydrogen) atoms. The lowest BCUT2D eigenvalue weighted by Gasteiger charge is -2.12. The van der Waals surface area contributed by atoms with Gasteiger partial charge in [0, 0.05) is 18.3 Å². The molecule has 0 spiro atoms. The molecule has 1 N–H and O–H groups in total. The number of ether oxygens (including phenoxy) is 1. The Morgan fingerprint density at radius 3 is 2.71 bits per heavy atom. The van der Waals surface area contributed by atoms with Crippen LogP contribution in [0.4, 0.5) is 11.4 Å². The summed E-state index contributed by atoms with van der Waals surface area (Å²) < 4.78 is 5.67. The average Bonchev–Trinajstić information content (AvgIpc) is 2.46. The lowest BCUT2D eigenvalue weighted by Crippen LogP contribution is -2.03. The van der Waals surface area contributed by atoms with E-state index < -0.39 is 4.92 Å². The standard InChI is InChI=1S/C15H15BrN2O3/c1-10-8-12(21-2)6-7-13(10)17-9-11-4-3-5-14(15(11)16)18(19)20/h3-8,17H,9H2,1-2H3. The molecule has 6 heteroatoms. The van der Waals surface area contributed by atoms with E-state index in [0.717, 1.165) is 22.6 Å². The Morgan fingerprint density at radius 1 is 1.33 bits per heavy atom. The van der Waals surface area contributed by atoms with Gasteiger partial charge in [-0.2, -0.15) is 0 Å². The fourth-order valence-corrected chi connectivity index (χ4v) is 2.54. The molecule has 0 aliphatic heterocycles. The zero-order chi connectivity index (χ0) is 15.4. The highest BCUT2D eigenvalue weighted by Gasteiger charge is 2.14. The van der Waals surface area contributed by atoms with Crippen molar-refractivity contribution in [3.05, 3.63) is 62.1 Å². The van der Waals surface area contributed by atoms with E-state index in [-0.39, 0.29) is 5.69 Å². The Kier molecular flexibility index (Phi) is 4.80. The van der Waals surface area contributed by atoms with Gasteiger partial charge in [0.05, 0.1) is 12.0 Å². The van der Waals surface area contributed by atoms with Crippen LogP contribution >= 0.6 is 15.9 Å². The summed E-state index contributed by atoms with van der Waals surface area (Å²) in [5.74, 6) is 0.801. The van der Waals surface area contributed by atoms with Crippen LogP contribution in [0, 0.1) is 17.0 Å². The van der Waals surface area contributed by atoms with Gasteiger partial charge >= 0.3 is 0 Å². The molecular weight excluding hydrogens is 336 g/mol. The third-order valence-electron chi connectivity index (χ3n) is 3.16. The number of rotatable bonds is 5. The second-order valence-electron chi connectivity index (χ2n) is 4.54. The summed E-state index contributed by atoms with van der Waals surface area (Å²) in [4.78, 5) is 10.5. The molecule has 0 aromatic heterocycles. The second kappa shape index (κ2) is 6.58. The molecule has 0 amide bonds. The molecular formula is C15H15BrN2O3. The lowest BCUT2D eigenvalue weighted by atomic mass is 10.1. The van der Waals surface area contributed by atoms with Crippen molar-refractivity contribution in [2.24, 2.45) is 0 Å². The van der Waals surface area contributed by atoms with Crippen LogP contribution in [0.5, 0.6) is 5.75 Å². The molecule has 110 valence electrons. The van der Waals surface area contributed by atoms with E-state index in [2.05, 4.69) is 21.2 Å². The van der Waals surface area contributed by atoms with Gasteiger partial charge in [0.2, 0.25) is 0 Å². The summed E-state index contributed by atoms with van der Waals surface area (Å²) in [6.07, 6.45) is 0. The Balaban J connectivity index is 2.17.